The standard InChI is InChI=1S/C6H11ClO3/c1-5(2,9)6(3,10)4(7)8/h9-10H,1-3H3. The first-order valence-corrected chi connectivity index (χ1v) is 3.22. The molecule has 1 atom stereocenters. The summed E-state index contributed by atoms with van der Waals surface area (Å²) in [7, 11) is 0. The van der Waals surface area contributed by atoms with E-state index in [0.29, 0.717) is 0 Å². The molecule has 0 aromatic heterocycles. The molecule has 10 heavy (non-hydrogen) atoms. The Kier molecular flexibility index (Phi) is 2.46. The number of halogens is 1. The van der Waals surface area contributed by atoms with Crippen molar-refractivity contribution in [3.05, 3.63) is 0 Å². The Bertz CT molecular complexity index is 146. The zero-order chi connectivity index (χ0) is 8.58. The zero-order valence-electron chi connectivity index (χ0n) is 6.18. The first kappa shape index (κ1) is 9.88. The van der Waals surface area contributed by atoms with Gasteiger partial charge in [-0.15, -0.1) is 0 Å². The minimum atomic E-state index is -1.88. The topological polar surface area (TPSA) is 57.5 Å². The molecule has 2 N–H and O–H groups in total. The predicted molar refractivity (Wildman–Crippen MR) is 37.8 cm³/mol. The van der Waals surface area contributed by atoms with Crippen molar-refractivity contribution < 1.29 is 15.0 Å². The van der Waals surface area contributed by atoms with Crippen LogP contribution in [0.1, 0.15) is 20.8 Å². The Morgan fingerprint density at radius 1 is 1.30 bits per heavy atom. The van der Waals surface area contributed by atoms with Gasteiger partial charge < -0.3 is 10.2 Å². The van der Waals surface area contributed by atoms with E-state index in [2.05, 4.69) is 0 Å². The number of carbonyl (C=O) groups excluding carboxylic acids is 1. The van der Waals surface area contributed by atoms with Gasteiger partial charge in [0.25, 0.3) is 5.24 Å². The normalized spacial score (nSPS) is 18.2. The molecule has 0 saturated carbocycles. The second-order valence-electron chi connectivity index (χ2n) is 2.90. The summed E-state index contributed by atoms with van der Waals surface area (Å²) in [5.41, 5.74) is -3.39. The van der Waals surface area contributed by atoms with Gasteiger partial charge in [-0.25, -0.2) is 0 Å². The smallest absolute Gasteiger partial charge is 0.255 e. The molecule has 0 saturated heterocycles. The molecule has 0 heterocycles. The van der Waals surface area contributed by atoms with Crippen LogP contribution in [0, 0.1) is 0 Å². The van der Waals surface area contributed by atoms with Crippen LogP contribution in [0.5, 0.6) is 0 Å². The molecule has 0 aromatic carbocycles. The van der Waals surface area contributed by atoms with Crippen LogP contribution in [0.25, 0.3) is 0 Å². The summed E-state index contributed by atoms with van der Waals surface area (Å²) < 4.78 is 0. The molecule has 0 bridgehead atoms. The predicted octanol–water partition coefficient (Wildman–Crippen LogP) is 0.274. The van der Waals surface area contributed by atoms with E-state index in [9.17, 15) is 9.90 Å². The molecule has 0 spiro atoms. The Labute approximate surface area is 64.6 Å². The lowest BCUT2D eigenvalue weighted by Crippen LogP contribution is -2.51. The van der Waals surface area contributed by atoms with E-state index in [0.717, 1.165) is 0 Å². The molecular formula is C6H11ClO3. The van der Waals surface area contributed by atoms with E-state index >= 15 is 0 Å². The third-order valence-electron chi connectivity index (χ3n) is 1.57. The molecule has 0 rings (SSSR count). The van der Waals surface area contributed by atoms with Crippen LogP contribution in [0.3, 0.4) is 0 Å². The van der Waals surface area contributed by atoms with Gasteiger partial charge in [0.05, 0.1) is 5.60 Å². The lowest BCUT2D eigenvalue weighted by Gasteiger charge is -2.31. The van der Waals surface area contributed by atoms with Gasteiger partial charge in [0.1, 0.15) is 0 Å². The lowest BCUT2D eigenvalue weighted by atomic mass is 9.89. The van der Waals surface area contributed by atoms with Crippen molar-refractivity contribution in [2.24, 2.45) is 0 Å². The largest absolute Gasteiger partial charge is 0.387 e. The fourth-order valence-electron chi connectivity index (χ4n) is 0.241. The Morgan fingerprint density at radius 3 is 1.60 bits per heavy atom. The first-order chi connectivity index (χ1) is 4.19. The van der Waals surface area contributed by atoms with Gasteiger partial charge in [0.2, 0.25) is 0 Å². The molecular weight excluding hydrogens is 156 g/mol. The van der Waals surface area contributed by atoms with E-state index in [4.69, 9.17) is 16.7 Å². The van der Waals surface area contributed by atoms with E-state index in [1.807, 2.05) is 0 Å². The van der Waals surface area contributed by atoms with E-state index < -0.39 is 16.4 Å². The average molecular weight is 167 g/mol. The summed E-state index contributed by atoms with van der Waals surface area (Å²) in [6.07, 6.45) is 0. The Balaban J connectivity index is 4.57. The highest BCUT2D eigenvalue weighted by Gasteiger charge is 2.43. The molecule has 0 aliphatic heterocycles. The highest BCUT2D eigenvalue weighted by atomic mass is 35.5. The molecule has 3 nitrogen and oxygen atoms in total. The van der Waals surface area contributed by atoms with E-state index in [1.165, 1.54) is 20.8 Å². The quantitative estimate of drug-likeness (QED) is 0.580. The van der Waals surface area contributed by atoms with Crippen molar-refractivity contribution in [3.8, 4) is 0 Å². The highest BCUT2D eigenvalue weighted by molar-refractivity contribution is 6.65. The highest BCUT2D eigenvalue weighted by Crippen LogP contribution is 2.23. The van der Waals surface area contributed by atoms with Crippen LogP contribution in [-0.2, 0) is 4.79 Å². The molecule has 0 amide bonds. The molecule has 0 fully saturated rings. The fourth-order valence-corrected chi connectivity index (χ4v) is 0.472. The lowest BCUT2D eigenvalue weighted by molar-refractivity contribution is -0.152. The van der Waals surface area contributed by atoms with Crippen LogP contribution in [0.4, 0.5) is 0 Å². The summed E-state index contributed by atoms with van der Waals surface area (Å²) in [6, 6.07) is 0. The summed E-state index contributed by atoms with van der Waals surface area (Å²) in [5, 5.41) is 17.4. The summed E-state index contributed by atoms with van der Waals surface area (Å²) >= 11 is 5.01. The van der Waals surface area contributed by atoms with Crippen molar-refractivity contribution >= 4 is 16.8 Å². The zero-order valence-corrected chi connectivity index (χ0v) is 6.94. The van der Waals surface area contributed by atoms with Crippen molar-refractivity contribution in [2.45, 2.75) is 32.0 Å². The molecule has 0 radical (unpaired) electrons. The summed E-state index contributed by atoms with van der Waals surface area (Å²) in [4.78, 5) is 10.5. The van der Waals surface area contributed by atoms with Crippen LogP contribution in [-0.4, -0.2) is 26.7 Å². The maximum Gasteiger partial charge on any atom is 0.255 e. The van der Waals surface area contributed by atoms with Crippen LogP contribution in [0.2, 0.25) is 0 Å². The summed E-state index contributed by atoms with van der Waals surface area (Å²) in [5.74, 6) is 0. The number of hydrogen-bond donors (Lipinski definition) is 2. The van der Waals surface area contributed by atoms with Crippen molar-refractivity contribution in [3.63, 3.8) is 0 Å². The number of aliphatic hydroxyl groups is 2. The van der Waals surface area contributed by atoms with Gasteiger partial charge in [-0.2, -0.15) is 0 Å². The number of hydrogen-bond acceptors (Lipinski definition) is 3. The van der Waals surface area contributed by atoms with Gasteiger partial charge in [-0.3, -0.25) is 4.79 Å². The van der Waals surface area contributed by atoms with E-state index in [1.54, 1.807) is 0 Å². The maximum absolute atomic E-state index is 10.5. The van der Waals surface area contributed by atoms with Crippen LogP contribution < -0.4 is 0 Å². The minimum Gasteiger partial charge on any atom is -0.387 e. The Hall–Kier alpha value is -0.120. The molecule has 0 aliphatic carbocycles. The molecule has 4 heteroatoms. The molecule has 0 aromatic rings. The van der Waals surface area contributed by atoms with Gasteiger partial charge >= 0.3 is 0 Å². The van der Waals surface area contributed by atoms with Crippen LogP contribution in [0.15, 0.2) is 0 Å². The van der Waals surface area contributed by atoms with Gasteiger partial charge in [-0.1, -0.05) is 0 Å². The third kappa shape index (κ3) is 1.68. The van der Waals surface area contributed by atoms with Crippen molar-refractivity contribution in [1.82, 2.24) is 0 Å². The molecule has 1 unspecified atom stereocenters. The van der Waals surface area contributed by atoms with Crippen LogP contribution >= 0.6 is 11.6 Å². The average Bonchev–Trinajstić information content (AvgIpc) is 1.62. The Morgan fingerprint density at radius 2 is 1.60 bits per heavy atom. The van der Waals surface area contributed by atoms with E-state index in [-0.39, 0.29) is 0 Å². The number of rotatable bonds is 2. The molecule has 60 valence electrons. The monoisotopic (exact) mass is 166 g/mol. The minimum absolute atomic E-state index is 0.958. The second-order valence-corrected chi connectivity index (χ2v) is 3.25. The van der Waals surface area contributed by atoms with Crippen molar-refractivity contribution in [2.75, 3.05) is 0 Å². The summed E-state index contributed by atoms with van der Waals surface area (Å²) in [6.45, 7) is 3.79. The van der Waals surface area contributed by atoms with Gasteiger partial charge in [-0.05, 0) is 32.4 Å². The molecule has 0 aliphatic rings. The number of carbonyl (C=O) groups is 1. The second kappa shape index (κ2) is 2.49. The third-order valence-corrected chi connectivity index (χ3v) is 1.94. The van der Waals surface area contributed by atoms with Gasteiger partial charge in [0, 0.05) is 0 Å². The SMILES string of the molecule is CC(C)(O)C(C)(O)C(=O)Cl. The maximum atomic E-state index is 10.5. The first-order valence-electron chi connectivity index (χ1n) is 2.84. The van der Waals surface area contributed by atoms with Crippen molar-refractivity contribution in [1.29, 1.82) is 0 Å². The van der Waals surface area contributed by atoms with Gasteiger partial charge in [0.15, 0.2) is 5.60 Å². The fraction of sp³-hybridized carbons (Fsp3) is 0.833.